The van der Waals surface area contributed by atoms with E-state index >= 15 is 0 Å². The van der Waals surface area contributed by atoms with Gasteiger partial charge in [-0.05, 0) is 13.3 Å². The predicted molar refractivity (Wildman–Crippen MR) is 55.0 cm³/mol. The van der Waals surface area contributed by atoms with Gasteiger partial charge in [0.2, 0.25) is 5.91 Å². The van der Waals surface area contributed by atoms with E-state index in [-0.39, 0.29) is 24.4 Å². The number of hydrogen-bond acceptors (Lipinski definition) is 3. The molecule has 0 saturated carbocycles. The lowest BCUT2D eigenvalue weighted by atomic mass is 9.96. The predicted octanol–water partition coefficient (Wildman–Crippen LogP) is 0.709. The van der Waals surface area contributed by atoms with Crippen LogP contribution in [0.1, 0.15) is 33.1 Å². The van der Waals surface area contributed by atoms with Crippen LogP contribution in [0, 0.1) is 0 Å². The smallest absolute Gasteiger partial charge is 0.305 e. The summed E-state index contributed by atoms with van der Waals surface area (Å²) in [6.07, 6.45) is 1.34. The Hall–Kier alpha value is -1.10. The molecule has 1 atom stereocenters. The van der Waals surface area contributed by atoms with Gasteiger partial charge in [0.1, 0.15) is 0 Å². The molecule has 1 N–H and O–H groups in total. The van der Waals surface area contributed by atoms with Gasteiger partial charge in [-0.3, -0.25) is 14.6 Å². The Morgan fingerprint density at radius 2 is 2.20 bits per heavy atom. The summed E-state index contributed by atoms with van der Waals surface area (Å²) < 4.78 is 0. The molecule has 0 aromatic rings. The molecule has 1 saturated heterocycles. The van der Waals surface area contributed by atoms with Gasteiger partial charge in [0.25, 0.3) is 0 Å². The maximum atomic E-state index is 11.7. The van der Waals surface area contributed by atoms with E-state index in [2.05, 4.69) is 0 Å². The molecule has 1 aliphatic heterocycles. The number of carboxylic acid groups (broad SMARTS) is 1. The molecule has 0 aliphatic carbocycles. The molecule has 1 aliphatic rings. The van der Waals surface area contributed by atoms with Crippen molar-refractivity contribution in [1.82, 2.24) is 10.0 Å². The number of carbonyl (C=O) groups excluding carboxylic acids is 1. The van der Waals surface area contributed by atoms with Crippen LogP contribution in [0.2, 0.25) is 0 Å². The molecule has 5 heteroatoms. The van der Waals surface area contributed by atoms with Gasteiger partial charge in [0, 0.05) is 25.6 Å². The highest BCUT2D eigenvalue weighted by Crippen LogP contribution is 2.31. The van der Waals surface area contributed by atoms with Crippen LogP contribution < -0.4 is 0 Å². The third-order valence-electron chi connectivity index (χ3n) is 3.26. The van der Waals surface area contributed by atoms with Crippen molar-refractivity contribution in [3.8, 4) is 0 Å². The summed E-state index contributed by atoms with van der Waals surface area (Å²) in [4.78, 5) is 22.1. The van der Waals surface area contributed by atoms with Gasteiger partial charge in [-0.15, -0.1) is 0 Å². The van der Waals surface area contributed by atoms with Gasteiger partial charge in [0.05, 0.1) is 6.42 Å². The van der Waals surface area contributed by atoms with Crippen molar-refractivity contribution in [2.75, 3.05) is 13.6 Å². The molecular weight excluding hydrogens is 196 g/mol. The topological polar surface area (TPSA) is 60.9 Å². The average molecular weight is 214 g/mol. The van der Waals surface area contributed by atoms with E-state index in [0.717, 1.165) is 6.42 Å². The second kappa shape index (κ2) is 4.18. The van der Waals surface area contributed by atoms with Crippen molar-refractivity contribution in [2.24, 2.45) is 0 Å². The molecule has 0 bridgehead atoms. The van der Waals surface area contributed by atoms with E-state index in [4.69, 9.17) is 5.11 Å². The fourth-order valence-electron chi connectivity index (χ4n) is 1.82. The number of hydrogen-bond donors (Lipinski definition) is 1. The van der Waals surface area contributed by atoms with Crippen LogP contribution in [-0.2, 0) is 9.59 Å². The van der Waals surface area contributed by atoms with Crippen LogP contribution in [0.15, 0.2) is 0 Å². The van der Waals surface area contributed by atoms with E-state index in [1.54, 1.807) is 0 Å². The van der Waals surface area contributed by atoms with Gasteiger partial charge in [0.15, 0.2) is 0 Å². The minimum atomic E-state index is -0.874. The highest BCUT2D eigenvalue weighted by molar-refractivity contribution is 5.79. The molecule has 1 heterocycles. The molecule has 86 valence electrons. The van der Waals surface area contributed by atoms with Crippen molar-refractivity contribution in [1.29, 1.82) is 0 Å². The Kier molecular flexibility index (Phi) is 3.34. The second-order valence-corrected chi connectivity index (χ2v) is 4.21. The lowest BCUT2D eigenvalue weighted by Crippen LogP contribution is -2.46. The summed E-state index contributed by atoms with van der Waals surface area (Å²) in [6, 6.07) is 0. The summed E-state index contributed by atoms with van der Waals surface area (Å²) in [7, 11) is 1.84. The fraction of sp³-hybridized carbons (Fsp3) is 0.800. The maximum Gasteiger partial charge on any atom is 0.305 e. The molecule has 0 aromatic heterocycles. The van der Waals surface area contributed by atoms with Gasteiger partial charge in [-0.2, -0.15) is 0 Å². The van der Waals surface area contributed by atoms with Crippen LogP contribution in [-0.4, -0.2) is 46.1 Å². The van der Waals surface area contributed by atoms with E-state index in [1.165, 1.54) is 5.01 Å². The fourth-order valence-corrected chi connectivity index (χ4v) is 1.82. The van der Waals surface area contributed by atoms with Crippen LogP contribution in [0.25, 0.3) is 0 Å². The molecule has 0 radical (unpaired) electrons. The number of aliphatic carboxylic acids is 1. The molecule has 1 amide bonds. The molecule has 5 nitrogen and oxygen atoms in total. The Bertz CT molecular complexity index is 280. The summed E-state index contributed by atoms with van der Waals surface area (Å²) in [6.45, 7) is 4.32. The highest BCUT2D eigenvalue weighted by Gasteiger charge is 2.43. The van der Waals surface area contributed by atoms with Crippen LogP contribution >= 0.6 is 0 Å². The standard InChI is InChI=1S/C10H18N2O3/c1-4-10(2)7-8(13)12(11(10)3)6-5-9(14)15/h4-7H2,1-3H3,(H,14,15). The minimum Gasteiger partial charge on any atom is -0.481 e. The number of rotatable bonds is 4. The number of nitrogens with zero attached hydrogens (tertiary/aromatic N) is 2. The van der Waals surface area contributed by atoms with Crippen molar-refractivity contribution in [2.45, 2.75) is 38.6 Å². The zero-order valence-electron chi connectivity index (χ0n) is 9.49. The van der Waals surface area contributed by atoms with Crippen LogP contribution in [0.3, 0.4) is 0 Å². The highest BCUT2D eigenvalue weighted by atomic mass is 16.4. The van der Waals surface area contributed by atoms with E-state index < -0.39 is 5.97 Å². The Labute approximate surface area is 89.6 Å². The first kappa shape index (κ1) is 12.0. The van der Waals surface area contributed by atoms with E-state index in [1.807, 2.05) is 25.9 Å². The SMILES string of the molecule is CCC1(C)CC(=O)N(CCC(=O)O)N1C. The van der Waals surface area contributed by atoms with Crippen LogP contribution in [0.5, 0.6) is 0 Å². The Balaban J connectivity index is 2.66. The Morgan fingerprint density at radius 1 is 1.60 bits per heavy atom. The second-order valence-electron chi connectivity index (χ2n) is 4.21. The third-order valence-corrected chi connectivity index (χ3v) is 3.26. The zero-order chi connectivity index (χ0) is 11.6. The number of carboxylic acids is 1. The summed E-state index contributed by atoms with van der Waals surface area (Å²) >= 11 is 0. The minimum absolute atomic E-state index is 0.00409. The van der Waals surface area contributed by atoms with Crippen molar-refractivity contribution in [3.05, 3.63) is 0 Å². The number of amides is 1. The maximum absolute atomic E-state index is 11.7. The van der Waals surface area contributed by atoms with Gasteiger partial charge < -0.3 is 5.11 Å². The number of hydrazine groups is 1. The van der Waals surface area contributed by atoms with Crippen molar-refractivity contribution >= 4 is 11.9 Å². The largest absolute Gasteiger partial charge is 0.481 e. The molecular formula is C10H18N2O3. The quantitative estimate of drug-likeness (QED) is 0.748. The first-order valence-electron chi connectivity index (χ1n) is 5.16. The first-order valence-corrected chi connectivity index (χ1v) is 5.16. The molecule has 1 unspecified atom stereocenters. The molecule has 0 spiro atoms. The molecule has 1 rings (SSSR count). The molecule has 1 fully saturated rings. The third kappa shape index (κ3) is 2.28. The van der Waals surface area contributed by atoms with E-state index in [0.29, 0.717) is 6.42 Å². The van der Waals surface area contributed by atoms with Gasteiger partial charge in [-0.25, -0.2) is 5.01 Å². The normalized spacial score (nSPS) is 27.4. The summed E-state index contributed by atoms with van der Waals surface area (Å²) in [5, 5.41) is 12.0. The summed E-state index contributed by atoms with van der Waals surface area (Å²) in [5.74, 6) is -0.857. The first-order chi connectivity index (χ1) is 6.90. The zero-order valence-corrected chi connectivity index (χ0v) is 9.49. The van der Waals surface area contributed by atoms with Gasteiger partial charge >= 0.3 is 5.97 Å². The van der Waals surface area contributed by atoms with Gasteiger partial charge in [-0.1, -0.05) is 6.92 Å². The van der Waals surface area contributed by atoms with Crippen molar-refractivity contribution in [3.63, 3.8) is 0 Å². The summed E-state index contributed by atoms with van der Waals surface area (Å²) in [5.41, 5.74) is -0.157. The van der Waals surface area contributed by atoms with Crippen molar-refractivity contribution < 1.29 is 14.7 Å². The lowest BCUT2D eigenvalue weighted by molar-refractivity contribution is -0.143. The molecule has 0 aromatic carbocycles. The molecule has 15 heavy (non-hydrogen) atoms. The van der Waals surface area contributed by atoms with Crippen LogP contribution in [0.4, 0.5) is 0 Å². The Morgan fingerprint density at radius 3 is 2.60 bits per heavy atom. The lowest BCUT2D eigenvalue weighted by Gasteiger charge is -2.34. The van der Waals surface area contributed by atoms with E-state index in [9.17, 15) is 9.59 Å². The monoisotopic (exact) mass is 214 g/mol. The average Bonchev–Trinajstić information content (AvgIpc) is 2.37. The number of carbonyl (C=O) groups is 2.